The second kappa shape index (κ2) is 7.20. The summed E-state index contributed by atoms with van der Waals surface area (Å²) in [6.45, 7) is 13.2. The lowest BCUT2D eigenvalue weighted by Gasteiger charge is -2.39. The van der Waals surface area contributed by atoms with Gasteiger partial charge in [-0.15, -0.1) is 0 Å². The molecule has 0 radical (unpaired) electrons. The summed E-state index contributed by atoms with van der Waals surface area (Å²) in [6, 6.07) is 0. The van der Waals surface area contributed by atoms with Crippen LogP contribution in [-0.2, 0) is 4.74 Å². The van der Waals surface area contributed by atoms with Crippen molar-refractivity contribution in [3.63, 3.8) is 0 Å². The molecule has 24 heavy (non-hydrogen) atoms. The van der Waals surface area contributed by atoms with Crippen molar-refractivity contribution in [2.24, 2.45) is 16.7 Å². The molecule has 1 aliphatic heterocycles. The van der Waals surface area contributed by atoms with E-state index in [0.29, 0.717) is 24.7 Å². The summed E-state index contributed by atoms with van der Waals surface area (Å²) in [7, 11) is 0. The van der Waals surface area contributed by atoms with Crippen molar-refractivity contribution in [2.45, 2.75) is 52.2 Å². The number of hydrogen-bond donors (Lipinski definition) is 2. The number of fused-ring (bicyclic) bond motifs is 2. The predicted octanol–water partition coefficient (Wildman–Crippen LogP) is 1.19. The number of aliphatic hydroxyl groups excluding tert-OH is 2. The normalized spacial score (nSPS) is 37.9. The van der Waals surface area contributed by atoms with Gasteiger partial charge in [-0.25, -0.2) is 0 Å². The molecule has 0 amide bonds. The number of nitrogens with zero attached hydrogens (tertiary/aromatic N) is 2. The third kappa shape index (κ3) is 3.38. The van der Waals surface area contributed by atoms with Gasteiger partial charge in [0, 0.05) is 39.3 Å². The second-order valence-electron chi connectivity index (χ2n) is 8.95. The number of rotatable bonds is 7. The van der Waals surface area contributed by atoms with Gasteiger partial charge in [0.15, 0.2) is 0 Å². The largest absolute Gasteiger partial charge is 0.395 e. The maximum atomic E-state index is 10.4. The molecule has 5 nitrogen and oxygen atoms in total. The van der Waals surface area contributed by atoms with Crippen LogP contribution >= 0.6 is 0 Å². The lowest BCUT2D eigenvalue weighted by Crippen LogP contribution is -2.49. The van der Waals surface area contributed by atoms with Gasteiger partial charge in [-0.05, 0) is 36.0 Å². The molecule has 140 valence electrons. The van der Waals surface area contributed by atoms with Gasteiger partial charge < -0.3 is 14.9 Å². The Balaban J connectivity index is 1.40. The molecule has 2 saturated carbocycles. The van der Waals surface area contributed by atoms with E-state index >= 15 is 0 Å². The van der Waals surface area contributed by atoms with Crippen LogP contribution in [0.15, 0.2) is 0 Å². The van der Waals surface area contributed by atoms with Crippen molar-refractivity contribution < 1.29 is 14.9 Å². The first-order valence-corrected chi connectivity index (χ1v) is 9.72. The molecule has 2 N–H and O–H groups in total. The molecule has 0 spiro atoms. The summed E-state index contributed by atoms with van der Waals surface area (Å²) in [4.78, 5) is 4.59. The zero-order valence-corrected chi connectivity index (χ0v) is 15.7. The summed E-state index contributed by atoms with van der Waals surface area (Å²) in [5.74, 6) is 0.782. The van der Waals surface area contributed by atoms with E-state index in [2.05, 4.69) is 30.6 Å². The Morgan fingerprint density at radius 1 is 1.12 bits per heavy atom. The molecule has 0 aromatic heterocycles. The SMILES string of the molecule is CC1(C)[C@H]2CC[C@@]1(C)[C@H](OC[C@@H](O)CN1CCN(CCO)CC1)C2. The van der Waals surface area contributed by atoms with Crippen LogP contribution in [0, 0.1) is 16.7 Å². The first-order valence-electron chi connectivity index (χ1n) is 9.72. The van der Waals surface area contributed by atoms with Crippen molar-refractivity contribution in [1.82, 2.24) is 9.80 Å². The number of ether oxygens (including phenoxy) is 1. The maximum Gasteiger partial charge on any atom is 0.0900 e. The van der Waals surface area contributed by atoms with E-state index < -0.39 is 6.10 Å². The monoisotopic (exact) mass is 340 g/mol. The molecule has 0 aromatic carbocycles. The molecule has 2 aliphatic carbocycles. The Kier molecular flexibility index (Phi) is 5.57. The van der Waals surface area contributed by atoms with Gasteiger partial charge in [0.25, 0.3) is 0 Å². The van der Waals surface area contributed by atoms with Crippen molar-refractivity contribution in [2.75, 3.05) is 52.5 Å². The topological polar surface area (TPSA) is 56.2 Å². The van der Waals surface area contributed by atoms with Gasteiger partial charge in [0.1, 0.15) is 0 Å². The van der Waals surface area contributed by atoms with E-state index in [4.69, 9.17) is 9.84 Å². The first kappa shape index (κ1) is 18.6. The van der Waals surface area contributed by atoms with Crippen LogP contribution in [0.3, 0.4) is 0 Å². The summed E-state index contributed by atoms with van der Waals surface area (Å²) in [6.07, 6.45) is 3.67. The smallest absolute Gasteiger partial charge is 0.0900 e. The van der Waals surface area contributed by atoms with Crippen molar-refractivity contribution in [3.05, 3.63) is 0 Å². The van der Waals surface area contributed by atoms with Gasteiger partial charge in [0.2, 0.25) is 0 Å². The number of hydrogen-bond acceptors (Lipinski definition) is 5. The first-order chi connectivity index (χ1) is 11.4. The van der Waals surface area contributed by atoms with Crippen LogP contribution in [0.25, 0.3) is 0 Å². The Hall–Kier alpha value is -0.200. The van der Waals surface area contributed by atoms with Gasteiger partial charge >= 0.3 is 0 Å². The van der Waals surface area contributed by atoms with E-state index in [0.717, 1.165) is 45.1 Å². The second-order valence-corrected chi connectivity index (χ2v) is 8.95. The third-order valence-electron chi connectivity index (χ3n) is 7.55. The molecule has 1 saturated heterocycles. The molecule has 3 aliphatic rings. The fraction of sp³-hybridized carbons (Fsp3) is 1.00. The lowest BCUT2D eigenvalue weighted by atomic mass is 9.70. The van der Waals surface area contributed by atoms with Crippen molar-refractivity contribution >= 4 is 0 Å². The highest BCUT2D eigenvalue weighted by Crippen LogP contribution is 2.66. The molecule has 3 rings (SSSR count). The standard InChI is InChI=1S/C19H36N2O3/c1-18(2)15-4-5-19(18,3)17(12-15)24-14-16(23)13-21-8-6-20(7-9-21)10-11-22/h15-17,22-23H,4-14H2,1-3H3/t15-,16-,17+,19-/m0/s1. The van der Waals surface area contributed by atoms with Crippen LogP contribution < -0.4 is 0 Å². The number of β-amino-alcohol motifs (C(OH)–C–C–N with tert-alkyl or cyclic N) is 2. The average Bonchev–Trinajstić information content (AvgIpc) is 2.88. The molecular weight excluding hydrogens is 304 g/mol. The fourth-order valence-electron chi connectivity index (χ4n) is 5.30. The van der Waals surface area contributed by atoms with Crippen molar-refractivity contribution in [3.8, 4) is 0 Å². The summed E-state index contributed by atoms with van der Waals surface area (Å²) >= 11 is 0. The van der Waals surface area contributed by atoms with E-state index in [1.54, 1.807) is 0 Å². The van der Waals surface area contributed by atoms with Crippen LogP contribution in [0.2, 0.25) is 0 Å². The average molecular weight is 341 g/mol. The predicted molar refractivity (Wildman–Crippen MR) is 94.9 cm³/mol. The molecule has 4 atom stereocenters. The van der Waals surface area contributed by atoms with Gasteiger partial charge in [-0.3, -0.25) is 9.80 Å². The zero-order valence-electron chi connectivity index (χ0n) is 15.7. The summed E-state index contributed by atoms with van der Waals surface area (Å²) in [5.41, 5.74) is 0.638. The van der Waals surface area contributed by atoms with Gasteiger partial charge in [-0.2, -0.15) is 0 Å². The van der Waals surface area contributed by atoms with Crippen LogP contribution in [0.4, 0.5) is 0 Å². The Morgan fingerprint density at radius 2 is 1.79 bits per heavy atom. The Morgan fingerprint density at radius 3 is 2.33 bits per heavy atom. The fourth-order valence-corrected chi connectivity index (χ4v) is 5.30. The molecule has 0 aromatic rings. The summed E-state index contributed by atoms with van der Waals surface area (Å²) in [5, 5.41) is 19.4. The number of aliphatic hydroxyl groups is 2. The van der Waals surface area contributed by atoms with E-state index in [-0.39, 0.29) is 12.0 Å². The summed E-state index contributed by atoms with van der Waals surface area (Å²) < 4.78 is 6.22. The van der Waals surface area contributed by atoms with Gasteiger partial charge in [0.05, 0.1) is 25.4 Å². The Labute approximate surface area is 147 Å². The van der Waals surface area contributed by atoms with E-state index in [1.165, 1.54) is 12.8 Å². The van der Waals surface area contributed by atoms with E-state index in [1.807, 2.05) is 0 Å². The van der Waals surface area contributed by atoms with Crippen LogP contribution in [-0.4, -0.2) is 84.7 Å². The molecule has 3 fully saturated rings. The molecule has 0 unspecified atom stereocenters. The van der Waals surface area contributed by atoms with Crippen LogP contribution in [0.5, 0.6) is 0 Å². The lowest BCUT2D eigenvalue weighted by molar-refractivity contribution is -0.0807. The highest BCUT2D eigenvalue weighted by molar-refractivity contribution is 5.11. The Bertz CT molecular complexity index is 423. The quantitative estimate of drug-likeness (QED) is 0.729. The van der Waals surface area contributed by atoms with Crippen LogP contribution in [0.1, 0.15) is 40.0 Å². The molecule has 1 heterocycles. The molecule has 5 heteroatoms. The third-order valence-corrected chi connectivity index (χ3v) is 7.55. The molecule has 2 bridgehead atoms. The minimum atomic E-state index is -0.403. The zero-order chi connectivity index (χ0) is 17.4. The maximum absolute atomic E-state index is 10.4. The minimum absolute atomic E-state index is 0.230. The molecular formula is C19H36N2O3. The number of piperazine rings is 1. The minimum Gasteiger partial charge on any atom is -0.395 e. The van der Waals surface area contributed by atoms with E-state index in [9.17, 15) is 5.11 Å². The highest BCUT2D eigenvalue weighted by Gasteiger charge is 2.61. The highest BCUT2D eigenvalue weighted by atomic mass is 16.5. The van der Waals surface area contributed by atoms with Gasteiger partial charge in [-0.1, -0.05) is 20.8 Å². The van der Waals surface area contributed by atoms with Crippen molar-refractivity contribution in [1.29, 1.82) is 0 Å².